The summed E-state index contributed by atoms with van der Waals surface area (Å²) < 4.78 is 0. The van der Waals surface area contributed by atoms with Gasteiger partial charge in [-0.25, -0.2) is 9.79 Å². The van der Waals surface area contributed by atoms with Crippen molar-refractivity contribution in [3.8, 4) is 0 Å². The Bertz CT molecular complexity index is 933. The third kappa shape index (κ3) is 4.28. The van der Waals surface area contributed by atoms with Crippen molar-refractivity contribution in [3.63, 3.8) is 0 Å². The summed E-state index contributed by atoms with van der Waals surface area (Å²) in [6, 6.07) is 14.5. The average Bonchev–Trinajstić information content (AvgIpc) is 2.96. The maximum atomic E-state index is 12.7. The van der Waals surface area contributed by atoms with Crippen molar-refractivity contribution in [1.82, 2.24) is 4.90 Å². The number of hydrogen-bond acceptors (Lipinski definition) is 4. The molecule has 0 spiro atoms. The van der Waals surface area contributed by atoms with E-state index in [1.807, 2.05) is 25.1 Å². The van der Waals surface area contributed by atoms with Crippen molar-refractivity contribution < 1.29 is 14.7 Å². The highest BCUT2D eigenvalue weighted by Crippen LogP contribution is 2.34. The lowest BCUT2D eigenvalue weighted by Crippen LogP contribution is -2.28. The Morgan fingerprint density at radius 2 is 1.93 bits per heavy atom. The fraction of sp³-hybridized carbons (Fsp3) is 0.190. The molecule has 3 rings (SSSR count). The van der Waals surface area contributed by atoms with E-state index in [1.54, 1.807) is 17.0 Å². The first-order chi connectivity index (χ1) is 13.0. The van der Waals surface area contributed by atoms with Gasteiger partial charge in [0.05, 0.1) is 16.2 Å². The lowest BCUT2D eigenvalue weighted by atomic mass is 10.1. The molecule has 0 atom stereocenters. The van der Waals surface area contributed by atoms with Gasteiger partial charge in [-0.15, -0.1) is 0 Å². The summed E-state index contributed by atoms with van der Waals surface area (Å²) in [5.74, 6) is -1.09. The predicted octanol–water partition coefficient (Wildman–Crippen LogP) is 4.57. The highest BCUT2D eigenvalue weighted by molar-refractivity contribution is 8.18. The average molecular weight is 380 g/mol. The molecule has 1 fully saturated rings. The van der Waals surface area contributed by atoms with Crippen molar-refractivity contribution in [3.05, 3.63) is 70.1 Å². The molecule has 0 bridgehead atoms. The van der Waals surface area contributed by atoms with E-state index in [4.69, 9.17) is 5.11 Å². The Kier molecular flexibility index (Phi) is 5.76. The number of aryl methyl sites for hydroxylation is 1. The van der Waals surface area contributed by atoms with Crippen molar-refractivity contribution in [2.24, 2.45) is 4.99 Å². The lowest BCUT2D eigenvalue weighted by molar-refractivity contribution is -0.122. The van der Waals surface area contributed by atoms with E-state index in [-0.39, 0.29) is 11.5 Å². The smallest absolute Gasteiger partial charge is 0.335 e. The lowest BCUT2D eigenvalue weighted by Gasteiger charge is -2.12. The molecule has 6 heteroatoms. The van der Waals surface area contributed by atoms with Crippen LogP contribution in [-0.4, -0.2) is 33.6 Å². The molecule has 0 aromatic heterocycles. The second kappa shape index (κ2) is 8.22. The molecule has 0 radical (unpaired) electrons. The summed E-state index contributed by atoms with van der Waals surface area (Å²) in [6.07, 6.45) is 2.84. The molecular formula is C21H20N2O3S. The molecular weight excluding hydrogens is 360 g/mol. The number of thioether (sulfide) groups is 1. The second-order valence-corrected chi connectivity index (χ2v) is 7.01. The zero-order valence-corrected chi connectivity index (χ0v) is 16.0. The molecule has 1 aliphatic rings. The van der Waals surface area contributed by atoms with Crippen LogP contribution in [0.25, 0.3) is 6.08 Å². The van der Waals surface area contributed by atoms with Crippen LogP contribution in [0.4, 0.5) is 5.69 Å². The molecule has 0 saturated carbocycles. The first-order valence-electron chi connectivity index (χ1n) is 8.74. The molecule has 27 heavy (non-hydrogen) atoms. The molecule has 0 unspecified atom stereocenters. The van der Waals surface area contributed by atoms with Crippen LogP contribution in [-0.2, 0) is 11.2 Å². The maximum absolute atomic E-state index is 12.7. The van der Waals surface area contributed by atoms with Gasteiger partial charge in [-0.1, -0.05) is 37.3 Å². The fourth-order valence-electron chi connectivity index (χ4n) is 2.69. The van der Waals surface area contributed by atoms with Crippen LogP contribution < -0.4 is 0 Å². The number of nitrogens with zero attached hydrogens (tertiary/aromatic N) is 2. The highest BCUT2D eigenvalue weighted by Gasteiger charge is 2.32. The molecule has 0 aliphatic carbocycles. The zero-order chi connectivity index (χ0) is 19.4. The van der Waals surface area contributed by atoms with Gasteiger partial charge >= 0.3 is 5.97 Å². The van der Waals surface area contributed by atoms with Crippen LogP contribution >= 0.6 is 11.8 Å². The molecule has 1 heterocycles. The maximum Gasteiger partial charge on any atom is 0.335 e. The van der Waals surface area contributed by atoms with Gasteiger partial charge in [-0.3, -0.25) is 9.69 Å². The molecule has 1 aliphatic heterocycles. The third-order valence-corrected chi connectivity index (χ3v) is 5.21. The van der Waals surface area contributed by atoms with Gasteiger partial charge in [-0.2, -0.15) is 0 Å². The van der Waals surface area contributed by atoms with Crippen LogP contribution in [0.3, 0.4) is 0 Å². The number of amides is 1. The number of benzene rings is 2. The Balaban J connectivity index is 1.91. The molecule has 1 saturated heterocycles. The van der Waals surface area contributed by atoms with Gasteiger partial charge in [0.1, 0.15) is 0 Å². The summed E-state index contributed by atoms with van der Waals surface area (Å²) in [5.41, 5.74) is 2.89. The molecule has 2 aromatic rings. The summed E-state index contributed by atoms with van der Waals surface area (Å²) >= 11 is 1.31. The minimum atomic E-state index is -1.00. The Labute approximate surface area is 162 Å². The fourth-order valence-corrected chi connectivity index (χ4v) is 3.75. The molecule has 138 valence electrons. The van der Waals surface area contributed by atoms with Gasteiger partial charge in [0.25, 0.3) is 5.91 Å². The summed E-state index contributed by atoms with van der Waals surface area (Å²) in [7, 11) is 0. The number of amidine groups is 1. The van der Waals surface area contributed by atoms with Crippen LogP contribution in [0.5, 0.6) is 0 Å². The van der Waals surface area contributed by atoms with Gasteiger partial charge in [0.15, 0.2) is 5.17 Å². The molecule has 5 nitrogen and oxygen atoms in total. The summed E-state index contributed by atoms with van der Waals surface area (Å²) in [6.45, 7) is 4.49. The third-order valence-electron chi connectivity index (χ3n) is 4.21. The number of hydrogen-bond donors (Lipinski definition) is 1. The van der Waals surface area contributed by atoms with Crippen molar-refractivity contribution >= 4 is 40.6 Å². The van der Waals surface area contributed by atoms with Crippen LogP contribution in [0.15, 0.2) is 58.4 Å². The monoisotopic (exact) mass is 380 g/mol. The number of carboxylic acids is 1. The van der Waals surface area contributed by atoms with Crippen LogP contribution in [0.2, 0.25) is 0 Å². The standard InChI is InChI=1S/C21H20N2O3S/c1-3-14-8-10-15(11-9-14)12-18-19(24)23(4-2)21(27-18)22-17-7-5-6-16(13-17)20(25)26/h5-13H,3-4H2,1-2H3,(H,25,26)/b18-12-,22-21?. The Morgan fingerprint density at radius 3 is 2.56 bits per heavy atom. The van der Waals surface area contributed by atoms with E-state index >= 15 is 0 Å². The first kappa shape index (κ1) is 18.9. The minimum Gasteiger partial charge on any atom is -0.478 e. The predicted molar refractivity (Wildman–Crippen MR) is 109 cm³/mol. The van der Waals surface area contributed by atoms with Gasteiger partial charge in [0.2, 0.25) is 0 Å². The van der Waals surface area contributed by atoms with Gasteiger partial charge in [0, 0.05) is 6.54 Å². The van der Waals surface area contributed by atoms with Crippen molar-refractivity contribution in [2.45, 2.75) is 20.3 Å². The van der Waals surface area contributed by atoms with E-state index in [9.17, 15) is 9.59 Å². The SMILES string of the molecule is CCc1ccc(/C=C2\SC(=Nc3cccc(C(=O)O)c3)N(CC)C2=O)cc1. The van der Waals surface area contributed by atoms with E-state index in [1.165, 1.54) is 29.5 Å². The van der Waals surface area contributed by atoms with Crippen molar-refractivity contribution in [1.29, 1.82) is 0 Å². The van der Waals surface area contributed by atoms with E-state index < -0.39 is 5.97 Å². The zero-order valence-electron chi connectivity index (χ0n) is 15.2. The van der Waals surface area contributed by atoms with Gasteiger partial charge in [-0.05, 0) is 60.5 Å². The molecule has 1 N–H and O–H groups in total. The Hall–Kier alpha value is -2.86. The normalized spacial score (nSPS) is 17.1. The van der Waals surface area contributed by atoms with Crippen LogP contribution in [0.1, 0.15) is 35.3 Å². The number of carboxylic acid groups (broad SMARTS) is 1. The second-order valence-electron chi connectivity index (χ2n) is 6.01. The first-order valence-corrected chi connectivity index (χ1v) is 9.56. The number of rotatable bonds is 5. The van der Waals surface area contributed by atoms with Crippen molar-refractivity contribution in [2.75, 3.05) is 6.54 Å². The van der Waals surface area contributed by atoms with Gasteiger partial charge < -0.3 is 5.11 Å². The number of likely N-dealkylation sites (N-methyl/N-ethyl adjacent to an activating group) is 1. The highest BCUT2D eigenvalue weighted by atomic mass is 32.2. The quantitative estimate of drug-likeness (QED) is 0.772. The van der Waals surface area contributed by atoms with E-state index in [0.29, 0.717) is 22.3 Å². The van der Waals surface area contributed by atoms with E-state index in [2.05, 4.69) is 24.0 Å². The minimum absolute atomic E-state index is 0.0878. The van der Waals surface area contributed by atoms with Crippen LogP contribution in [0, 0.1) is 0 Å². The topological polar surface area (TPSA) is 70.0 Å². The Morgan fingerprint density at radius 1 is 1.19 bits per heavy atom. The number of carbonyl (C=O) groups excluding carboxylic acids is 1. The number of aromatic carboxylic acids is 1. The summed E-state index contributed by atoms with van der Waals surface area (Å²) in [4.78, 5) is 30.5. The molecule has 2 aromatic carbocycles. The number of carbonyl (C=O) groups is 2. The summed E-state index contributed by atoms with van der Waals surface area (Å²) in [5, 5.41) is 9.68. The largest absolute Gasteiger partial charge is 0.478 e. The molecule has 1 amide bonds. The van der Waals surface area contributed by atoms with E-state index in [0.717, 1.165) is 12.0 Å². The number of aliphatic imine (C=N–C) groups is 1.